The molecule has 1 aliphatic heterocycles. The summed E-state index contributed by atoms with van der Waals surface area (Å²) >= 11 is 0. The maximum Gasteiger partial charge on any atom is 0.0615 e. The van der Waals surface area contributed by atoms with Crippen LogP contribution in [-0.2, 0) is 20.1 Å². The summed E-state index contributed by atoms with van der Waals surface area (Å²) in [6, 6.07) is 15.1. The van der Waals surface area contributed by atoms with Crippen LogP contribution in [-0.4, -0.2) is 36.2 Å². The van der Waals surface area contributed by atoms with Crippen LogP contribution in [0, 0.1) is 0 Å². The molecule has 1 aromatic carbocycles. The van der Waals surface area contributed by atoms with Crippen LogP contribution in [0.15, 0.2) is 53.7 Å². The molecule has 1 aromatic heterocycles. The minimum Gasteiger partial charge on any atom is -0.461 e. The molecule has 0 N–H and O–H groups in total. The van der Waals surface area contributed by atoms with Gasteiger partial charge in [-0.1, -0.05) is 61.3 Å². The van der Waals surface area contributed by atoms with Crippen molar-refractivity contribution in [3.63, 3.8) is 0 Å². The molecule has 2 aromatic rings. The predicted molar refractivity (Wildman–Crippen MR) is 107 cm³/mol. The Bertz CT molecular complexity index is 627. The molecule has 6 heteroatoms. The molecule has 131 valence electrons. The van der Waals surface area contributed by atoms with Gasteiger partial charge < -0.3 is 10.3 Å². The van der Waals surface area contributed by atoms with E-state index in [0.717, 1.165) is 28.7 Å². The summed E-state index contributed by atoms with van der Waals surface area (Å²) in [6.07, 6.45) is 1.76. The number of nitrogens with zero attached hydrogens (tertiary/aromatic N) is 3. The first kappa shape index (κ1) is 21.4. The van der Waals surface area contributed by atoms with E-state index in [1.54, 1.807) is 6.20 Å². The monoisotopic (exact) mass is 537 g/mol. The number of amidine groups is 1. The average molecular weight is 537 g/mol. The van der Waals surface area contributed by atoms with Gasteiger partial charge in [-0.05, 0) is 54.0 Å². The van der Waals surface area contributed by atoms with E-state index in [2.05, 4.69) is 66.7 Å². The first-order valence-electron chi connectivity index (χ1n) is 7.80. The Morgan fingerprint density at radius 3 is 1.92 bits per heavy atom. The number of rotatable bonds is 3. The fourth-order valence-electron chi connectivity index (χ4n) is 2.18. The van der Waals surface area contributed by atoms with Crippen molar-refractivity contribution in [3.8, 4) is 0 Å². The van der Waals surface area contributed by atoms with Crippen molar-refractivity contribution in [2.45, 2.75) is 25.9 Å². The zero-order valence-corrected chi connectivity index (χ0v) is 18.8. The third-order valence-corrected chi connectivity index (χ3v) is 5.91. The van der Waals surface area contributed by atoms with Gasteiger partial charge in [-0.25, -0.2) is 0 Å². The third-order valence-electron chi connectivity index (χ3n) is 3.71. The quantitative estimate of drug-likeness (QED) is 0.554. The van der Waals surface area contributed by atoms with Crippen molar-refractivity contribution in [2.75, 3.05) is 13.3 Å². The van der Waals surface area contributed by atoms with Gasteiger partial charge in [0.2, 0.25) is 0 Å². The molecule has 0 saturated carbocycles. The van der Waals surface area contributed by atoms with Gasteiger partial charge in [-0.15, -0.1) is 0 Å². The minimum absolute atomic E-state index is 0. The SMILES string of the molecule is CC1N=C(c2ccccn2)[N-]C1C.CPc1ccccc1PC.[Ir]. The Hall–Kier alpha value is -0.651. The predicted octanol–water partition coefficient (Wildman–Crippen LogP) is 3.54. The largest absolute Gasteiger partial charge is 0.461 e. The van der Waals surface area contributed by atoms with Gasteiger partial charge in [0, 0.05) is 26.3 Å². The van der Waals surface area contributed by atoms with E-state index in [4.69, 9.17) is 0 Å². The first-order chi connectivity index (χ1) is 11.2. The molecule has 3 rings (SSSR count). The Kier molecular flexibility index (Phi) is 9.86. The van der Waals surface area contributed by atoms with E-state index >= 15 is 0 Å². The molecule has 4 unspecified atom stereocenters. The van der Waals surface area contributed by atoms with Crippen LogP contribution in [0.2, 0.25) is 0 Å². The van der Waals surface area contributed by atoms with Crippen molar-refractivity contribution in [2.24, 2.45) is 4.99 Å². The van der Waals surface area contributed by atoms with E-state index < -0.39 is 0 Å². The van der Waals surface area contributed by atoms with E-state index in [-0.39, 0.29) is 32.2 Å². The molecule has 1 aliphatic rings. The summed E-state index contributed by atoms with van der Waals surface area (Å²) in [5.74, 6) is 0.792. The number of pyridine rings is 1. The van der Waals surface area contributed by atoms with Gasteiger partial charge >= 0.3 is 0 Å². The Balaban J connectivity index is 0.000000238. The van der Waals surface area contributed by atoms with Crippen molar-refractivity contribution >= 4 is 33.6 Å². The fraction of sp³-hybridized carbons (Fsp3) is 0.333. The van der Waals surface area contributed by atoms with Crippen molar-refractivity contribution in [3.05, 3.63) is 59.7 Å². The van der Waals surface area contributed by atoms with Crippen LogP contribution in [0.25, 0.3) is 5.32 Å². The second-order valence-corrected chi connectivity index (χ2v) is 7.40. The molecular formula is C18H24IrN3P2-. The third kappa shape index (κ3) is 6.01. The summed E-state index contributed by atoms with van der Waals surface area (Å²) in [5, 5.41) is 7.49. The van der Waals surface area contributed by atoms with Crippen LogP contribution in [0.3, 0.4) is 0 Å². The van der Waals surface area contributed by atoms with Crippen molar-refractivity contribution in [1.82, 2.24) is 4.98 Å². The van der Waals surface area contributed by atoms with E-state index in [1.807, 2.05) is 18.2 Å². The number of benzene rings is 1. The zero-order chi connectivity index (χ0) is 16.7. The normalized spacial score (nSPS) is 19.6. The Morgan fingerprint density at radius 2 is 1.50 bits per heavy atom. The van der Waals surface area contributed by atoms with E-state index in [0.29, 0.717) is 0 Å². The van der Waals surface area contributed by atoms with E-state index in [9.17, 15) is 0 Å². The Labute approximate surface area is 162 Å². The molecule has 2 heterocycles. The van der Waals surface area contributed by atoms with Gasteiger partial charge in [-0.2, -0.15) is 0 Å². The molecule has 0 spiro atoms. The summed E-state index contributed by atoms with van der Waals surface area (Å²) in [7, 11) is 1.89. The molecule has 0 fully saturated rings. The molecule has 0 aliphatic carbocycles. The summed E-state index contributed by atoms with van der Waals surface area (Å²) in [5.41, 5.74) is 0.874. The zero-order valence-electron chi connectivity index (χ0n) is 14.4. The number of hydrogen-bond acceptors (Lipinski definition) is 2. The molecule has 4 atom stereocenters. The molecule has 3 nitrogen and oxygen atoms in total. The fourth-order valence-corrected chi connectivity index (χ4v) is 4.16. The second kappa shape index (κ2) is 11.1. The van der Waals surface area contributed by atoms with Crippen molar-refractivity contribution in [1.29, 1.82) is 0 Å². The van der Waals surface area contributed by atoms with Crippen LogP contribution >= 0.6 is 17.2 Å². The molecule has 0 bridgehead atoms. The minimum atomic E-state index is 0. The van der Waals surface area contributed by atoms with Crippen LogP contribution in [0.1, 0.15) is 19.5 Å². The van der Waals surface area contributed by atoms with Crippen LogP contribution in [0.4, 0.5) is 0 Å². The van der Waals surface area contributed by atoms with Crippen LogP contribution in [0.5, 0.6) is 0 Å². The van der Waals surface area contributed by atoms with Crippen LogP contribution < -0.4 is 10.6 Å². The summed E-state index contributed by atoms with van der Waals surface area (Å²) in [6.45, 7) is 8.62. The molecule has 1 radical (unpaired) electrons. The molecular weight excluding hydrogens is 512 g/mol. The standard InChI is InChI=1S/C10H12N3.C8H12P2.Ir/c1-7-8(2)13-10(12-7)9-5-3-4-6-11-9;1-9-7-5-3-4-6-8(7)10-2;/h3-8H,1-2H3;3-6,9-10H,1-2H3;/q-1;;. The number of hydrogen-bond donors (Lipinski definition) is 0. The Morgan fingerprint density at radius 1 is 0.917 bits per heavy atom. The molecule has 24 heavy (non-hydrogen) atoms. The summed E-state index contributed by atoms with van der Waals surface area (Å²) in [4.78, 5) is 8.63. The number of aliphatic imine (C=N–C) groups is 1. The topological polar surface area (TPSA) is 39.4 Å². The van der Waals surface area contributed by atoms with E-state index in [1.165, 1.54) is 10.6 Å². The number of aromatic nitrogens is 1. The first-order valence-corrected chi connectivity index (χ1v) is 10.8. The van der Waals surface area contributed by atoms with Gasteiger partial charge in [-0.3, -0.25) is 4.98 Å². The maximum absolute atomic E-state index is 4.43. The summed E-state index contributed by atoms with van der Waals surface area (Å²) < 4.78 is 0. The van der Waals surface area contributed by atoms with Gasteiger partial charge in [0.15, 0.2) is 0 Å². The van der Waals surface area contributed by atoms with Gasteiger partial charge in [0.1, 0.15) is 0 Å². The molecule has 0 saturated heterocycles. The maximum atomic E-state index is 4.43. The van der Waals surface area contributed by atoms with Gasteiger partial charge in [0.05, 0.1) is 5.69 Å². The van der Waals surface area contributed by atoms with Gasteiger partial charge in [0.25, 0.3) is 0 Å². The van der Waals surface area contributed by atoms with Crippen molar-refractivity contribution < 1.29 is 20.1 Å². The molecule has 0 amide bonds. The smallest absolute Gasteiger partial charge is 0.0615 e. The average Bonchev–Trinajstić information content (AvgIpc) is 2.95. The second-order valence-electron chi connectivity index (χ2n) is 5.32.